The molecule has 0 radical (unpaired) electrons. The topological polar surface area (TPSA) is 61.4 Å². The summed E-state index contributed by atoms with van der Waals surface area (Å²) < 4.78 is 17.6. The first kappa shape index (κ1) is 16.4. The summed E-state index contributed by atoms with van der Waals surface area (Å²) in [5.74, 6) is 1.49. The van der Waals surface area contributed by atoms with E-state index in [0.29, 0.717) is 24.0 Å². The highest BCUT2D eigenvalue weighted by molar-refractivity contribution is 5.74. The summed E-state index contributed by atoms with van der Waals surface area (Å²) in [4.78, 5) is 17.2. The molecule has 0 aliphatic heterocycles. The molecule has 0 aliphatic carbocycles. The van der Waals surface area contributed by atoms with Gasteiger partial charge in [0.1, 0.15) is 17.0 Å². The van der Waals surface area contributed by atoms with Crippen LogP contribution >= 0.6 is 0 Å². The molecule has 0 N–H and O–H groups in total. The van der Waals surface area contributed by atoms with E-state index in [1.165, 1.54) is 6.07 Å². The second-order valence-electron chi connectivity index (χ2n) is 6.62. The van der Waals surface area contributed by atoms with Crippen molar-refractivity contribution in [3.63, 3.8) is 0 Å². The Morgan fingerprint density at radius 2 is 2.00 bits per heavy atom. The lowest BCUT2D eigenvalue weighted by Gasteiger charge is -2.13. The van der Waals surface area contributed by atoms with Gasteiger partial charge in [-0.15, -0.1) is 0 Å². The van der Waals surface area contributed by atoms with Crippen LogP contribution in [0.25, 0.3) is 22.6 Å². The highest BCUT2D eigenvalue weighted by Gasteiger charge is 2.15. The van der Waals surface area contributed by atoms with Crippen molar-refractivity contribution in [2.45, 2.75) is 26.9 Å². The van der Waals surface area contributed by atoms with Crippen molar-refractivity contribution in [3.05, 3.63) is 60.8 Å². The van der Waals surface area contributed by atoms with Gasteiger partial charge in [-0.25, -0.2) is 15.0 Å². The van der Waals surface area contributed by atoms with Gasteiger partial charge in [0.15, 0.2) is 5.82 Å². The van der Waals surface area contributed by atoms with E-state index in [4.69, 9.17) is 4.98 Å². The fourth-order valence-corrected chi connectivity index (χ4v) is 3.08. The van der Waals surface area contributed by atoms with Crippen LogP contribution in [-0.2, 0) is 13.1 Å². The zero-order valence-corrected chi connectivity index (χ0v) is 14.7. The van der Waals surface area contributed by atoms with Crippen LogP contribution in [0.5, 0.6) is 0 Å². The normalized spacial score (nSPS) is 11.5. The number of rotatable bonds is 5. The summed E-state index contributed by atoms with van der Waals surface area (Å²) in [6.07, 6.45) is 7.11. The number of imidazole rings is 2. The molecule has 4 rings (SSSR count). The summed E-state index contributed by atoms with van der Waals surface area (Å²) in [5, 5.41) is 0. The van der Waals surface area contributed by atoms with Crippen molar-refractivity contribution in [1.29, 1.82) is 0 Å². The third-order valence-corrected chi connectivity index (χ3v) is 4.15. The van der Waals surface area contributed by atoms with Crippen molar-refractivity contribution >= 4 is 11.0 Å². The largest absolute Gasteiger partial charge is 0.326 e. The van der Waals surface area contributed by atoms with E-state index in [2.05, 4.69) is 33.4 Å². The number of halogens is 1. The third-order valence-electron chi connectivity index (χ3n) is 4.15. The number of hydrogen-bond acceptors (Lipinski definition) is 4. The fraction of sp³-hybridized carbons (Fsp3) is 0.263. The molecule has 0 unspecified atom stereocenters. The molecule has 4 aromatic heterocycles. The number of hydrogen-bond donors (Lipinski definition) is 0. The van der Waals surface area contributed by atoms with Gasteiger partial charge in [-0.1, -0.05) is 19.9 Å². The Labute approximate surface area is 150 Å². The number of nitrogens with zero attached hydrogens (tertiary/aromatic N) is 6. The van der Waals surface area contributed by atoms with Crippen LogP contribution in [0.2, 0.25) is 0 Å². The molecule has 0 saturated carbocycles. The van der Waals surface area contributed by atoms with E-state index in [0.717, 1.165) is 23.4 Å². The highest BCUT2D eigenvalue weighted by atomic mass is 19.1. The van der Waals surface area contributed by atoms with Crippen LogP contribution in [0, 0.1) is 11.9 Å². The second kappa shape index (κ2) is 6.67. The molecule has 4 heterocycles. The molecule has 4 aromatic rings. The monoisotopic (exact) mass is 350 g/mol. The van der Waals surface area contributed by atoms with Gasteiger partial charge in [0.2, 0.25) is 5.95 Å². The van der Waals surface area contributed by atoms with Gasteiger partial charge >= 0.3 is 0 Å². The Morgan fingerprint density at radius 1 is 1.12 bits per heavy atom. The lowest BCUT2D eigenvalue weighted by atomic mass is 10.2. The van der Waals surface area contributed by atoms with Crippen LogP contribution in [0.15, 0.2) is 49.1 Å². The first-order chi connectivity index (χ1) is 12.6. The maximum Gasteiger partial charge on any atom is 0.213 e. The SMILES string of the molecule is CC(C)Cn1c(Cn2ccnc2-c2cccc(F)n2)nc2cnccc21. The fourth-order valence-electron chi connectivity index (χ4n) is 3.08. The molecular formula is C19H19FN6. The highest BCUT2D eigenvalue weighted by Crippen LogP contribution is 2.21. The third kappa shape index (κ3) is 3.08. The Hall–Kier alpha value is -3.09. The van der Waals surface area contributed by atoms with E-state index < -0.39 is 5.95 Å². The van der Waals surface area contributed by atoms with Crippen molar-refractivity contribution in [1.82, 2.24) is 29.1 Å². The molecule has 0 spiro atoms. The first-order valence-electron chi connectivity index (χ1n) is 8.55. The van der Waals surface area contributed by atoms with Gasteiger partial charge in [0.05, 0.1) is 18.3 Å². The average molecular weight is 350 g/mol. The van der Waals surface area contributed by atoms with Crippen LogP contribution in [-0.4, -0.2) is 29.1 Å². The van der Waals surface area contributed by atoms with E-state index >= 15 is 0 Å². The van der Waals surface area contributed by atoms with Crippen molar-refractivity contribution in [2.24, 2.45) is 5.92 Å². The number of pyridine rings is 2. The Morgan fingerprint density at radius 3 is 2.81 bits per heavy atom. The summed E-state index contributed by atoms with van der Waals surface area (Å²) in [6.45, 7) is 5.74. The van der Waals surface area contributed by atoms with Gasteiger partial charge in [0.25, 0.3) is 0 Å². The van der Waals surface area contributed by atoms with Crippen molar-refractivity contribution < 1.29 is 4.39 Å². The summed E-state index contributed by atoms with van der Waals surface area (Å²) in [7, 11) is 0. The average Bonchev–Trinajstić information content (AvgIpc) is 3.20. The molecule has 26 heavy (non-hydrogen) atoms. The molecule has 6 nitrogen and oxygen atoms in total. The Balaban J connectivity index is 1.76. The van der Waals surface area contributed by atoms with E-state index in [1.54, 1.807) is 30.7 Å². The first-order valence-corrected chi connectivity index (χ1v) is 8.55. The zero-order chi connectivity index (χ0) is 18.1. The molecule has 0 atom stereocenters. The number of fused-ring (bicyclic) bond motifs is 1. The zero-order valence-electron chi connectivity index (χ0n) is 14.7. The van der Waals surface area contributed by atoms with Crippen molar-refractivity contribution in [2.75, 3.05) is 0 Å². The minimum Gasteiger partial charge on any atom is -0.326 e. The maximum absolute atomic E-state index is 13.5. The molecule has 0 bridgehead atoms. The molecule has 0 aromatic carbocycles. The predicted octanol–water partition coefficient (Wildman–Crippen LogP) is 3.53. The van der Waals surface area contributed by atoms with E-state index in [1.807, 2.05) is 16.8 Å². The van der Waals surface area contributed by atoms with Gasteiger partial charge in [-0.05, 0) is 24.1 Å². The van der Waals surface area contributed by atoms with Crippen LogP contribution in [0.1, 0.15) is 19.7 Å². The lowest BCUT2D eigenvalue weighted by Crippen LogP contribution is -2.12. The molecule has 0 saturated heterocycles. The number of aromatic nitrogens is 6. The maximum atomic E-state index is 13.5. The van der Waals surface area contributed by atoms with Crippen molar-refractivity contribution in [3.8, 4) is 11.5 Å². The summed E-state index contributed by atoms with van der Waals surface area (Å²) >= 11 is 0. The van der Waals surface area contributed by atoms with Crippen LogP contribution in [0.4, 0.5) is 4.39 Å². The molecule has 132 valence electrons. The smallest absolute Gasteiger partial charge is 0.213 e. The van der Waals surface area contributed by atoms with E-state index in [-0.39, 0.29) is 0 Å². The summed E-state index contributed by atoms with van der Waals surface area (Å²) in [6, 6.07) is 6.70. The minimum atomic E-state index is -0.518. The van der Waals surface area contributed by atoms with Gasteiger partial charge in [-0.2, -0.15) is 4.39 Å². The molecule has 0 amide bonds. The van der Waals surface area contributed by atoms with Gasteiger partial charge in [-0.3, -0.25) is 4.98 Å². The Kier molecular flexibility index (Phi) is 4.20. The predicted molar refractivity (Wildman–Crippen MR) is 96.9 cm³/mol. The quantitative estimate of drug-likeness (QED) is 0.517. The minimum absolute atomic E-state index is 0.478. The summed E-state index contributed by atoms with van der Waals surface area (Å²) in [5.41, 5.74) is 2.44. The standard InChI is InChI=1S/C19H19FN6/c1-13(2)11-26-16-6-7-21-10-15(16)24-18(26)12-25-9-8-22-19(25)14-4-3-5-17(20)23-14/h3-10,13H,11-12H2,1-2H3. The Bertz CT molecular complexity index is 1050. The van der Waals surface area contributed by atoms with Crippen LogP contribution < -0.4 is 0 Å². The molecule has 7 heteroatoms. The van der Waals surface area contributed by atoms with Gasteiger partial charge < -0.3 is 9.13 Å². The van der Waals surface area contributed by atoms with Gasteiger partial charge in [0, 0.05) is 25.1 Å². The second-order valence-corrected chi connectivity index (χ2v) is 6.62. The molecule has 0 aliphatic rings. The molecule has 0 fully saturated rings. The lowest BCUT2D eigenvalue weighted by molar-refractivity contribution is 0.510. The van der Waals surface area contributed by atoms with E-state index in [9.17, 15) is 4.39 Å². The molecular weight excluding hydrogens is 331 g/mol. The van der Waals surface area contributed by atoms with Crippen LogP contribution in [0.3, 0.4) is 0 Å².